The number of halogens is 4. The van der Waals surface area contributed by atoms with E-state index in [2.05, 4.69) is 15.4 Å². The average Bonchev–Trinajstić information content (AvgIpc) is 3.04. The smallest absolute Gasteiger partial charge is 0.433 e. The minimum atomic E-state index is -4.76. The van der Waals surface area contributed by atoms with Gasteiger partial charge in [-0.2, -0.15) is 18.3 Å². The summed E-state index contributed by atoms with van der Waals surface area (Å²) >= 11 is 6.21. The van der Waals surface area contributed by atoms with Crippen molar-refractivity contribution in [1.29, 1.82) is 0 Å². The highest BCUT2D eigenvalue weighted by atomic mass is 35.5. The van der Waals surface area contributed by atoms with E-state index < -0.39 is 23.5 Å². The molecule has 0 aliphatic rings. The molecular weight excluding hydrogens is 421 g/mol. The lowest BCUT2D eigenvalue weighted by atomic mass is 10.1. The van der Waals surface area contributed by atoms with Gasteiger partial charge in [0.2, 0.25) is 0 Å². The second-order valence-electron chi connectivity index (χ2n) is 6.29. The summed E-state index contributed by atoms with van der Waals surface area (Å²) in [5.74, 6) is -0.937. The molecule has 0 radical (unpaired) electrons. The van der Waals surface area contributed by atoms with Crippen molar-refractivity contribution >= 4 is 28.8 Å². The van der Waals surface area contributed by atoms with Crippen LogP contribution in [0.5, 0.6) is 5.75 Å². The van der Waals surface area contributed by atoms with Crippen LogP contribution in [-0.4, -0.2) is 25.6 Å². The topological polar surface area (TPSA) is 79.5 Å². The molecule has 2 heterocycles. The number of alkyl halides is 3. The summed E-state index contributed by atoms with van der Waals surface area (Å²) in [6.07, 6.45) is -4.76. The molecule has 0 bridgehead atoms. The number of aromatic nitrogens is 3. The van der Waals surface area contributed by atoms with E-state index >= 15 is 0 Å². The Morgan fingerprint density at radius 3 is 2.47 bits per heavy atom. The van der Waals surface area contributed by atoms with Gasteiger partial charge in [-0.3, -0.25) is 4.79 Å². The Bertz CT molecular complexity index is 1260. The van der Waals surface area contributed by atoms with Crippen LogP contribution in [0.25, 0.3) is 16.9 Å². The van der Waals surface area contributed by atoms with Crippen molar-refractivity contribution in [3.8, 4) is 17.0 Å². The highest BCUT2D eigenvalue weighted by Gasteiger charge is 2.36. The van der Waals surface area contributed by atoms with Crippen LogP contribution in [0.3, 0.4) is 0 Å². The molecule has 2 aromatic carbocycles. The quantitative estimate of drug-likeness (QED) is 0.476. The molecule has 0 spiro atoms. The molecule has 30 heavy (non-hydrogen) atoms. The molecular formula is C20H12ClF3N4O2. The van der Waals surface area contributed by atoms with E-state index in [1.165, 1.54) is 24.3 Å². The Kier molecular flexibility index (Phi) is 4.83. The van der Waals surface area contributed by atoms with Gasteiger partial charge in [0, 0.05) is 17.3 Å². The molecule has 0 aliphatic heterocycles. The highest BCUT2D eigenvalue weighted by molar-refractivity contribution is 6.37. The molecule has 4 rings (SSSR count). The third-order valence-electron chi connectivity index (χ3n) is 4.21. The third-order valence-corrected chi connectivity index (χ3v) is 4.56. The minimum Gasteiger partial charge on any atom is -0.508 e. The molecule has 2 aromatic heterocycles. The van der Waals surface area contributed by atoms with Gasteiger partial charge < -0.3 is 10.4 Å². The van der Waals surface area contributed by atoms with E-state index in [0.717, 1.165) is 6.07 Å². The maximum atomic E-state index is 13.7. The molecule has 152 valence electrons. The summed E-state index contributed by atoms with van der Waals surface area (Å²) in [5, 5.41) is 15.4. The fourth-order valence-corrected chi connectivity index (χ4v) is 3.12. The summed E-state index contributed by atoms with van der Waals surface area (Å²) in [6.45, 7) is 0. The first-order valence-corrected chi connectivity index (χ1v) is 8.94. The van der Waals surface area contributed by atoms with Gasteiger partial charge in [-0.05, 0) is 18.2 Å². The van der Waals surface area contributed by atoms with Crippen molar-refractivity contribution in [2.24, 2.45) is 0 Å². The molecule has 6 nitrogen and oxygen atoms in total. The molecule has 0 fully saturated rings. The van der Waals surface area contributed by atoms with Gasteiger partial charge in [-0.1, -0.05) is 48.0 Å². The second kappa shape index (κ2) is 7.34. The van der Waals surface area contributed by atoms with Crippen LogP contribution in [0.1, 0.15) is 16.2 Å². The Morgan fingerprint density at radius 1 is 1.07 bits per heavy atom. The minimum absolute atomic E-state index is 0.0390. The van der Waals surface area contributed by atoms with Gasteiger partial charge in [-0.25, -0.2) is 9.50 Å². The number of carbonyl (C=O) groups is 1. The van der Waals surface area contributed by atoms with Crippen LogP contribution in [0.4, 0.5) is 18.9 Å². The number of carbonyl (C=O) groups excluding carboxylic acids is 1. The van der Waals surface area contributed by atoms with Gasteiger partial charge in [0.15, 0.2) is 17.0 Å². The summed E-state index contributed by atoms with van der Waals surface area (Å²) < 4.78 is 41.6. The van der Waals surface area contributed by atoms with Crippen LogP contribution in [0.15, 0.2) is 60.7 Å². The monoisotopic (exact) mass is 432 g/mol. The largest absolute Gasteiger partial charge is 0.508 e. The normalized spacial score (nSPS) is 11.6. The first-order chi connectivity index (χ1) is 14.2. The van der Waals surface area contributed by atoms with Gasteiger partial charge in [0.1, 0.15) is 10.8 Å². The van der Waals surface area contributed by atoms with E-state index in [1.54, 1.807) is 30.3 Å². The standard InChI is InChI=1S/C20H12ClF3N4O2/c21-16-17(19(30)25-12-7-4-8-13(29)9-12)27-28-15(20(22,23)24)10-14(26-18(16)28)11-5-2-1-3-6-11/h1-10,29H,(H,25,30). The maximum absolute atomic E-state index is 13.7. The molecule has 10 heteroatoms. The zero-order chi connectivity index (χ0) is 21.5. The summed E-state index contributed by atoms with van der Waals surface area (Å²) in [5.41, 5.74) is -1.13. The molecule has 0 aliphatic carbocycles. The maximum Gasteiger partial charge on any atom is 0.433 e. The first kappa shape index (κ1) is 19.7. The SMILES string of the molecule is O=C(Nc1cccc(O)c1)c1nn2c(C(F)(F)F)cc(-c3ccccc3)nc2c1Cl. The second-order valence-corrected chi connectivity index (χ2v) is 6.67. The Labute approximate surface area is 172 Å². The lowest BCUT2D eigenvalue weighted by Gasteiger charge is -2.11. The van der Waals surface area contributed by atoms with E-state index in [-0.39, 0.29) is 27.8 Å². The molecule has 1 amide bonds. The molecule has 0 saturated carbocycles. The number of rotatable bonds is 3. The number of fused-ring (bicyclic) bond motifs is 1. The lowest BCUT2D eigenvalue weighted by molar-refractivity contribution is -0.142. The van der Waals surface area contributed by atoms with Crippen LogP contribution in [-0.2, 0) is 6.18 Å². The number of benzene rings is 2. The van der Waals surface area contributed by atoms with E-state index in [9.17, 15) is 23.1 Å². The fraction of sp³-hybridized carbons (Fsp3) is 0.0500. The third kappa shape index (κ3) is 3.67. The Hall–Kier alpha value is -3.59. The van der Waals surface area contributed by atoms with Gasteiger partial charge in [0.25, 0.3) is 5.91 Å². The summed E-state index contributed by atoms with van der Waals surface area (Å²) in [7, 11) is 0. The molecule has 0 atom stereocenters. The number of nitrogens with zero attached hydrogens (tertiary/aromatic N) is 3. The lowest BCUT2D eigenvalue weighted by Crippen LogP contribution is -2.15. The predicted molar refractivity (Wildman–Crippen MR) is 104 cm³/mol. The van der Waals surface area contributed by atoms with Gasteiger partial charge in [0.05, 0.1) is 5.69 Å². The molecule has 2 N–H and O–H groups in total. The molecule has 4 aromatic rings. The van der Waals surface area contributed by atoms with Crippen molar-refractivity contribution in [3.63, 3.8) is 0 Å². The molecule has 0 unspecified atom stereocenters. The molecule has 0 saturated heterocycles. The van der Waals surface area contributed by atoms with E-state index in [4.69, 9.17) is 11.6 Å². The van der Waals surface area contributed by atoms with Crippen molar-refractivity contribution in [1.82, 2.24) is 14.6 Å². The predicted octanol–water partition coefficient (Wildman–Crippen LogP) is 5.03. The van der Waals surface area contributed by atoms with Crippen molar-refractivity contribution in [2.75, 3.05) is 5.32 Å². The highest BCUT2D eigenvalue weighted by Crippen LogP contribution is 2.34. The van der Waals surface area contributed by atoms with Crippen LogP contribution in [0, 0.1) is 0 Å². The summed E-state index contributed by atoms with van der Waals surface area (Å²) in [6, 6.07) is 14.8. The van der Waals surface area contributed by atoms with E-state index in [0.29, 0.717) is 10.1 Å². The van der Waals surface area contributed by atoms with Crippen molar-refractivity contribution in [2.45, 2.75) is 6.18 Å². The van der Waals surface area contributed by atoms with Gasteiger partial charge >= 0.3 is 6.18 Å². The van der Waals surface area contributed by atoms with Crippen LogP contribution < -0.4 is 5.32 Å². The number of anilines is 1. The number of phenols is 1. The number of hydrogen-bond donors (Lipinski definition) is 2. The van der Waals surface area contributed by atoms with Crippen molar-refractivity contribution in [3.05, 3.63) is 77.1 Å². The number of hydrogen-bond acceptors (Lipinski definition) is 4. The fourth-order valence-electron chi connectivity index (χ4n) is 2.87. The zero-order valence-corrected chi connectivity index (χ0v) is 15.7. The average molecular weight is 433 g/mol. The Balaban J connectivity index is 1.85. The van der Waals surface area contributed by atoms with Crippen molar-refractivity contribution < 1.29 is 23.1 Å². The number of aromatic hydroxyl groups is 1. The number of amides is 1. The number of nitrogens with one attached hydrogen (secondary N) is 1. The van der Waals surface area contributed by atoms with Crippen LogP contribution >= 0.6 is 11.6 Å². The van der Waals surface area contributed by atoms with Gasteiger partial charge in [-0.15, -0.1) is 0 Å². The number of phenolic OH excluding ortho intramolecular Hbond substituents is 1. The Morgan fingerprint density at radius 2 is 1.80 bits per heavy atom. The van der Waals surface area contributed by atoms with Crippen LogP contribution in [0.2, 0.25) is 5.02 Å². The first-order valence-electron chi connectivity index (χ1n) is 8.56. The van der Waals surface area contributed by atoms with E-state index in [1.807, 2.05) is 0 Å². The zero-order valence-electron chi connectivity index (χ0n) is 15.0. The summed E-state index contributed by atoms with van der Waals surface area (Å²) in [4.78, 5) is 16.8.